The van der Waals surface area contributed by atoms with Crippen molar-refractivity contribution in [2.24, 2.45) is 0 Å². The molecule has 10 heteroatoms. The highest BCUT2D eigenvalue weighted by molar-refractivity contribution is 8.00. The Bertz CT molecular complexity index is 1270. The molecule has 1 unspecified atom stereocenters. The van der Waals surface area contributed by atoms with Gasteiger partial charge in [0.15, 0.2) is 5.16 Å². The van der Waals surface area contributed by atoms with Crippen LogP contribution in [0.1, 0.15) is 12.6 Å². The number of aryl methyl sites for hydroxylation is 1. The number of nitrogens with zero attached hydrogens (tertiary/aromatic N) is 3. The normalized spacial score (nSPS) is 12.2. The van der Waals surface area contributed by atoms with Gasteiger partial charge in [-0.2, -0.15) is 0 Å². The lowest BCUT2D eigenvalue weighted by Gasteiger charge is -2.14. The van der Waals surface area contributed by atoms with Gasteiger partial charge in [-0.1, -0.05) is 29.1 Å². The predicted octanol–water partition coefficient (Wildman–Crippen LogP) is 4.79. The Kier molecular flexibility index (Phi) is 5.89. The molecule has 0 aliphatic rings. The number of hydrogen-bond donors (Lipinski definition) is 1. The average molecular weight is 459 g/mol. The number of aromatic nitrogens is 3. The third-order valence-electron chi connectivity index (χ3n) is 4.28. The standard InChI is InChI=1S/C20H18N4O3S3/c1-4-7-24-19(26)16-13(14-6-5-8-28-14)10-29-18(16)22-20(24)30-12(3)17(25)21-15-9-11(2)23-27-15/h4-6,8-10,12H,1,7H2,2-3H3,(H,21,25). The first-order chi connectivity index (χ1) is 14.5. The summed E-state index contributed by atoms with van der Waals surface area (Å²) in [5, 5.41) is 11.0. The molecule has 0 aliphatic carbocycles. The summed E-state index contributed by atoms with van der Waals surface area (Å²) >= 11 is 4.23. The molecule has 0 aliphatic heterocycles. The molecule has 1 amide bonds. The van der Waals surface area contributed by atoms with E-state index in [-0.39, 0.29) is 17.4 Å². The first-order valence-corrected chi connectivity index (χ1v) is 11.7. The van der Waals surface area contributed by atoms with Crippen LogP contribution in [-0.4, -0.2) is 25.9 Å². The van der Waals surface area contributed by atoms with Gasteiger partial charge >= 0.3 is 0 Å². The van der Waals surface area contributed by atoms with Gasteiger partial charge in [-0.15, -0.1) is 29.3 Å². The first-order valence-electron chi connectivity index (χ1n) is 9.05. The first kappa shape index (κ1) is 20.6. The largest absolute Gasteiger partial charge is 0.338 e. The van der Waals surface area contributed by atoms with Gasteiger partial charge in [0.1, 0.15) is 4.83 Å². The second kappa shape index (κ2) is 8.58. The zero-order chi connectivity index (χ0) is 21.3. The third-order valence-corrected chi connectivity index (χ3v) is 7.15. The number of hydrogen-bond acceptors (Lipinski definition) is 8. The lowest BCUT2D eigenvalue weighted by atomic mass is 10.2. The molecule has 1 N–H and O–H groups in total. The zero-order valence-corrected chi connectivity index (χ0v) is 18.7. The third kappa shape index (κ3) is 3.98. The summed E-state index contributed by atoms with van der Waals surface area (Å²) in [6, 6.07) is 5.59. The fourth-order valence-corrected chi connectivity index (χ4v) is 5.58. The Labute approximate surface area is 184 Å². The number of fused-ring (bicyclic) bond motifs is 1. The van der Waals surface area contributed by atoms with Crippen LogP contribution in [0, 0.1) is 6.92 Å². The van der Waals surface area contributed by atoms with Crippen LogP contribution < -0.4 is 10.9 Å². The van der Waals surface area contributed by atoms with Gasteiger partial charge in [0, 0.05) is 28.4 Å². The molecule has 0 saturated carbocycles. The molecule has 0 saturated heterocycles. The van der Waals surface area contributed by atoms with Gasteiger partial charge < -0.3 is 4.52 Å². The molecule has 4 aromatic heterocycles. The molecule has 154 valence electrons. The number of amides is 1. The number of rotatable bonds is 7. The highest BCUT2D eigenvalue weighted by Crippen LogP contribution is 2.35. The summed E-state index contributed by atoms with van der Waals surface area (Å²) in [6.07, 6.45) is 1.65. The minimum Gasteiger partial charge on any atom is -0.338 e. The van der Waals surface area contributed by atoms with Gasteiger partial charge in [-0.05, 0) is 25.3 Å². The summed E-state index contributed by atoms with van der Waals surface area (Å²) in [4.78, 5) is 32.3. The average Bonchev–Trinajstić information content (AvgIpc) is 3.45. The molecule has 0 bridgehead atoms. The fraction of sp³-hybridized carbons (Fsp3) is 0.200. The van der Waals surface area contributed by atoms with E-state index in [2.05, 4.69) is 17.1 Å². The van der Waals surface area contributed by atoms with Crippen LogP contribution in [0.25, 0.3) is 20.7 Å². The molecule has 7 nitrogen and oxygen atoms in total. The SMILES string of the molecule is C=CCn1c(SC(C)C(=O)Nc2cc(C)no2)nc2scc(-c3cccs3)c2c1=O. The van der Waals surface area contributed by atoms with E-state index in [1.54, 1.807) is 41.9 Å². The molecule has 0 fully saturated rings. The van der Waals surface area contributed by atoms with Crippen molar-refractivity contribution in [2.75, 3.05) is 5.32 Å². The lowest BCUT2D eigenvalue weighted by molar-refractivity contribution is -0.115. The van der Waals surface area contributed by atoms with Gasteiger partial charge in [0.2, 0.25) is 11.8 Å². The van der Waals surface area contributed by atoms with E-state index < -0.39 is 5.25 Å². The monoisotopic (exact) mass is 458 g/mol. The van der Waals surface area contributed by atoms with Crippen molar-refractivity contribution in [3.05, 3.63) is 57.7 Å². The lowest BCUT2D eigenvalue weighted by Crippen LogP contribution is -2.26. The highest BCUT2D eigenvalue weighted by atomic mass is 32.2. The van der Waals surface area contributed by atoms with Crippen LogP contribution >= 0.6 is 34.4 Å². The highest BCUT2D eigenvalue weighted by Gasteiger charge is 2.22. The minimum absolute atomic E-state index is 0.134. The number of nitrogens with one attached hydrogen (secondary N) is 1. The van der Waals surface area contributed by atoms with Crippen LogP contribution in [0.15, 0.2) is 56.1 Å². The molecule has 0 radical (unpaired) electrons. The summed E-state index contributed by atoms with van der Waals surface area (Å²) in [5.41, 5.74) is 1.44. The van der Waals surface area contributed by atoms with E-state index >= 15 is 0 Å². The maximum absolute atomic E-state index is 13.3. The van der Waals surface area contributed by atoms with Crippen molar-refractivity contribution in [3.63, 3.8) is 0 Å². The second-order valence-corrected chi connectivity index (χ2v) is 9.60. The molecule has 4 aromatic rings. The summed E-state index contributed by atoms with van der Waals surface area (Å²) < 4.78 is 6.60. The van der Waals surface area contributed by atoms with Crippen LogP contribution in [0.4, 0.5) is 5.88 Å². The second-order valence-electron chi connectivity index (χ2n) is 6.49. The Balaban J connectivity index is 1.68. The number of allylic oxidation sites excluding steroid dienone is 1. The molecular formula is C20H18N4O3S3. The summed E-state index contributed by atoms with van der Waals surface area (Å²) in [5.74, 6) is 0.0248. The molecular weight excluding hydrogens is 440 g/mol. The Hall–Kier alpha value is -2.69. The predicted molar refractivity (Wildman–Crippen MR) is 123 cm³/mol. The van der Waals surface area contributed by atoms with E-state index in [4.69, 9.17) is 9.51 Å². The number of carbonyl (C=O) groups excluding carboxylic acids is 1. The summed E-state index contributed by atoms with van der Waals surface area (Å²) in [7, 11) is 0. The van der Waals surface area contributed by atoms with Crippen molar-refractivity contribution in [1.29, 1.82) is 0 Å². The minimum atomic E-state index is -0.507. The number of anilines is 1. The van der Waals surface area contributed by atoms with E-state index in [0.717, 1.165) is 10.4 Å². The molecule has 4 heterocycles. The number of carbonyl (C=O) groups is 1. The molecule has 1 atom stereocenters. The molecule has 30 heavy (non-hydrogen) atoms. The zero-order valence-electron chi connectivity index (χ0n) is 16.2. The van der Waals surface area contributed by atoms with Gasteiger partial charge in [0.05, 0.1) is 16.3 Å². The Morgan fingerprint density at radius 3 is 2.97 bits per heavy atom. The van der Waals surface area contributed by atoms with Crippen LogP contribution in [0.2, 0.25) is 0 Å². The van der Waals surface area contributed by atoms with Crippen LogP contribution in [0.3, 0.4) is 0 Å². The maximum atomic E-state index is 13.3. The van der Waals surface area contributed by atoms with Gasteiger partial charge in [-0.3, -0.25) is 19.5 Å². The van der Waals surface area contributed by atoms with Crippen molar-refractivity contribution in [2.45, 2.75) is 30.8 Å². The molecule has 4 rings (SSSR count). The number of thiophene rings is 2. The Morgan fingerprint density at radius 1 is 1.47 bits per heavy atom. The Morgan fingerprint density at radius 2 is 2.30 bits per heavy atom. The van der Waals surface area contributed by atoms with E-state index in [9.17, 15) is 9.59 Å². The van der Waals surface area contributed by atoms with E-state index in [0.29, 0.717) is 27.6 Å². The smallest absolute Gasteiger partial charge is 0.263 e. The summed E-state index contributed by atoms with van der Waals surface area (Å²) in [6.45, 7) is 7.59. The maximum Gasteiger partial charge on any atom is 0.263 e. The van der Waals surface area contributed by atoms with Crippen LogP contribution in [0.5, 0.6) is 0 Å². The fourth-order valence-electron chi connectivity index (χ4n) is 2.86. The van der Waals surface area contributed by atoms with Crippen LogP contribution in [-0.2, 0) is 11.3 Å². The van der Waals surface area contributed by atoms with Crippen molar-refractivity contribution < 1.29 is 9.32 Å². The van der Waals surface area contributed by atoms with E-state index in [1.807, 2.05) is 22.9 Å². The van der Waals surface area contributed by atoms with E-state index in [1.165, 1.54) is 23.1 Å². The van der Waals surface area contributed by atoms with Gasteiger partial charge in [-0.25, -0.2) is 4.98 Å². The number of thioether (sulfide) groups is 1. The molecule has 0 spiro atoms. The van der Waals surface area contributed by atoms with Crippen molar-refractivity contribution in [3.8, 4) is 10.4 Å². The molecule has 0 aromatic carbocycles. The van der Waals surface area contributed by atoms with Gasteiger partial charge in [0.25, 0.3) is 5.56 Å². The quantitative estimate of drug-likeness (QED) is 0.243. The van der Waals surface area contributed by atoms with Crippen molar-refractivity contribution >= 4 is 56.4 Å². The topological polar surface area (TPSA) is 90.0 Å². The van der Waals surface area contributed by atoms with Crippen molar-refractivity contribution in [1.82, 2.24) is 14.7 Å².